The molecule has 3 aromatic carbocycles. The highest BCUT2D eigenvalue weighted by Gasteiger charge is 2.72. The highest BCUT2D eigenvalue weighted by Crippen LogP contribution is 2.44. The maximum atomic E-state index is 13.2. The molecule has 186 valence electrons. The highest BCUT2D eigenvalue weighted by molar-refractivity contribution is 7.92. The van der Waals surface area contributed by atoms with Gasteiger partial charge in [0.05, 0.1) is 18.1 Å². The Morgan fingerprint density at radius 3 is 1.74 bits per heavy atom. The smallest absolute Gasteiger partial charge is 0.308 e. The fourth-order valence-corrected chi connectivity index (χ4v) is 5.24. The summed E-state index contributed by atoms with van der Waals surface area (Å²) in [6, 6.07) is 23.9. The lowest BCUT2D eigenvalue weighted by molar-refractivity contribution is -0.476. The number of aliphatic hydroxyl groups excluding tert-OH is 1. The average molecular weight is 503 g/mol. The molecule has 1 heterocycles. The minimum absolute atomic E-state index is 0.242. The number of aliphatic hydroxyl groups is 4. The number of hydrogen-bond donors (Lipinski definition) is 4. The molecule has 0 spiro atoms. The Morgan fingerprint density at radius 2 is 1.23 bits per heavy atom. The topological polar surface area (TPSA) is 143 Å². The molecule has 0 saturated carbocycles. The standard InChI is InChI=1S/C25H26O9S/c26-22-24(28,33-17-20-12-6-2-7-13-20)23(27,32-16-19-10-4-1-5-11-19)18-34-25(22,29)35(30,31)21-14-8-3-9-15-21/h1-15,22,26-29H,16-18H2/t22-,23-,24+,25?/m0/s1. The fourth-order valence-electron chi connectivity index (χ4n) is 3.72. The van der Waals surface area contributed by atoms with Crippen molar-refractivity contribution in [3.05, 3.63) is 102 Å². The second kappa shape index (κ2) is 9.76. The van der Waals surface area contributed by atoms with E-state index in [4.69, 9.17) is 14.2 Å². The van der Waals surface area contributed by atoms with Gasteiger partial charge < -0.3 is 34.6 Å². The van der Waals surface area contributed by atoms with Crippen LogP contribution in [0, 0.1) is 0 Å². The Morgan fingerprint density at radius 1 is 0.771 bits per heavy atom. The molecule has 1 fully saturated rings. The lowest BCUT2D eigenvalue weighted by Gasteiger charge is -2.52. The summed E-state index contributed by atoms with van der Waals surface area (Å²) in [6.45, 7) is -1.63. The molecule has 0 amide bonds. The number of benzene rings is 3. The molecule has 4 N–H and O–H groups in total. The second-order valence-corrected chi connectivity index (χ2v) is 10.2. The van der Waals surface area contributed by atoms with Gasteiger partial charge in [0.2, 0.25) is 15.6 Å². The Kier molecular flexibility index (Phi) is 7.09. The zero-order valence-corrected chi connectivity index (χ0v) is 19.4. The lowest BCUT2D eigenvalue weighted by Crippen LogP contribution is -2.77. The molecule has 9 nitrogen and oxygen atoms in total. The largest absolute Gasteiger partial charge is 0.381 e. The van der Waals surface area contributed by atoms with Crippen LogP contribution in [0.3, 0.4) is 0 Å². The third-order valence-electron chi connectivity index (χ3n) is 5.81. The van der Waals surface area contributed by atoms with Crippen molar-refractivity contribution in [2.24, 2.45) is 0 Å². The van der Waals surface area contributed by atoms with E-state index in [0.717, 1.165) is 0 Å². The molecule has 1 aliphatic rings. The van der Waals surface area contributed by atoms with Gasteiger partial charge >= 0.3 is 5.12 Å². The van der Waals surface area contributed by atoms with E-state index in [1.54, 1.807) is 66.7 Å². The summed E-state index contributed by atoms with van der Waals surface area (Å²) in [5.74, 6) is -5.87. The predicted octanol–water partition coefficient (Wildman–Crippen LogP) is 1.31. The van der Waals surface area contributed by atoms with Gasteiger partial charge in [-0.25, -0.2) is 8.42 Å². The van der Waals surface area contributed by atoms with E-state index in [1.165, 1.54) is 24.3 Å². The summed E-state index contributed by atoms with van der Waals surface area (Å²) in [5.41, 5.74) is 1.15. The summed E-state index contributed by atoms with van der Waals surface area (Å²) in [7, 11) is -4.81. The zero-order chi connectivity index (χ0) is 25.2. The van der Waals surface area contributed by atoms with Gasteiger partial charge in [-0.05, 0) is 23.3 Å². The summed E-state index contributed by atoms with van der Waals surface area (Å²) in [6.07, 6.45) is -2.70. The number of rotatable bonds is 8. The summed E-state index contributed by atoms with van der Waals surface area (Å²) in [5, 5.41) is 41.6. The van der Waals surface area contributed by atoms with Crippen LogP contribution in [0.1, 0.15) is 11.1 Å². The van der Waals surface area contributed by atoms with Crippen LogP contribution in [0.15, 0.2) is 95.9 Å². The number of ether oxygens (including phenoxy) is 3. The molecule has 0 aliphatic carbocycles. The van der Waals surface area contributed by atoms with Gasteiger partial charge in [-0.15, -0.1) is 0 Å². The Labute approximate surface area is 202 Å². The zero-order valence-electron chi connectivity index (χ0n) is 18.6. The molecule has 1 saturated heterocycles. The molecule has 10 heteroatoms. The van der Waals surface area contributed by atoms with Crippen LogP contribution in [-0.4, -0.2) is 58.2 Å². The third-order valence-corrected chi connectivity index (χ3v) is 7.82. The Hall–Kier alpha value is -2.67. The average Bonchev–Trinajstić information content (AvgIpc) is 2.89. The van der Waals surface area contributed by atoms with Crippen molar-refractivity contribution in [1.29, 1.82) is 0 Å². The van der Waals surface area contributed by atoms with E-state index in [0.29, 0.717) is 11.1 Å². The van der Waals surface area contributed by atoms with Gasteiger partial charge in [0.25, 0.3) is 5.79 Å². The van der Waals surface area contributed by atoms with Crippen LogP contribution in [0.4, 0.5) is 0 Å². The fraction of sp³-hybridized carbons (Fsp3) is 0.280. The van der Waals surface area contributed by atoms with E-state index in [9.17, 15) is 28.8 Å². The first-order valence-electron chi connectivity index (χ1n) is 10.8. The van der Waals surface area contributed by atoms with Crippen molar-refractivity contribution in [1.82, 2.24) is 0 Å². The van der Waals surface area contributed by atoms with Gasteiger partial charge in [0.15, 0.2) is 6.10 Å². The Balaban J connectivity index is 1.70. The first kappa shape index (κ1) is 25.4. The molecule has 35 heavy (non-hydrogen) atoms. The van der Waals surface area contributed by atoms with Crippen LogP contribution < -0.4 is 0 Å². The van der Waals surface area contributed by atoms with Crippen molar-refractivity contribution < 1.29 is 43.1 Å². The van der Waals surface area contributed by atoms with Gasteiger partial charge in [0, 0.05) is 0 Å². The van der Waals surface area contributed by atoms with Gasteiger partial charge in [-0.3, -0.25) is 0 Å². The van der Waals surface area contributed by atoms with Crippen LogP contribution in [-0.2, 0) is 37.3 Å². The Bertz CT molecular complexity index is 1220. The molecule has 4 atom stereocenters. The lowest BCUT2D eigenvalue weighted by atomic mass is 9.95. The molecule has 3 aromatic rings. The van der Waals surface area contributed by atoms with Crippen LogP contribution in [0.5, 0.6) is 0 Å². The van der Waals surface area contributed by atoms with Crippen molar-refractivity contribution in [2.45, 2.75) is 40.9 Å². The maximum absolute atomic E-state index is 13.2. The summed E-state index contributed by atoms with van der Waals surface area (Å²) >= 11 is 0. The van der Waals surface area contributed by atoms with Crippen LogP contribution >= 0.6 is 0 Å². The van der Waals surface area contributed by atoms with Crippen molar-refractivity contribution in [3.63, 3.8) is 0 Å². The van der Waals surface area contributed by atoms with E-state index < -0.39 is 39.2 Å². The normalized spacial score (nSPS) is 29.1. The molecule has 1 aliphatic heterocycles. The quantitative estimate of drug-likeness (QED) is 0.335. The first-order chi connectivity index (χ1) is 16.6. The second-order valence-electron chi connectivity index (χ2n) is 8.17. The minimum Gasteiger partial charge on any atom is -0.381 e. The van der Waals surface area contributed by atoms with Gasteiger partial charge in [-0.2, -0.15) is 0 Å². The van der Waals surface area contributed by atoms with Crippen LogP contribution in [0.2, 0.25) is 0 Å². The summed E-state index contributed by atoms with van der Waals surface area (Å²) in [4.78, 5) is -0.373. The van der Waals surface area contributed by atoms with E-state index in [-0.39, 0.29) is 18.1 Å². The summed E-state index contributed by atoms with van der Waals surface area (Å²) < 4.78 is 42.7. The van der Waals surface area contributed by atoms with E-state index in [2.05, 4.69) is 0 Å². The van der Waals surface area contributed by atoms with Crippen molar-refractivity contribution in [3.8, 4) is 0 Å². The molecule has 4 rings (SSSR count). The van der Waals surface area contributed by atoms with Crippen molar-refractivity contribution >= 4 is 9.84 Å². The molecule has 0 radical (unpaired) electrons. The number of sulfone groups is 1. The van der Waals surface area contributed by atoms with Crippen LogP contribution in [0.25, 0.3) is 0 Å². The highest BCUT2D eigenvalue weighted by atomic mass is 32.2. The minimum atomic E-state index is -4.81. The van der Waals surface area contributed by atoms with Crippen molar-refractivity contribution in [2.75, 3.05) is 6.61 Å². The number of hydrogen-bond acceptors (Lipinski definition) is 9. The van der Waals surface area contributed by atoms with E-state index >= 15 is 0 Å². The van der Waals surface area contributed by atoms with Gasteiger partial charge in [0.1, 0.15) is 6.61 Å². The van der Waals surface area contributed by atoms with Gasteiger partial charge in [-0.1, -0.05) is 78.9 Å². The molecule has 0 aromatic heterocycles. The first-order valence-corrected chi connectivity index (χ1v) is 12.3. The molecule has 0 bridgehead atoms. The SMILES string of the molecule is O=S(=O)(c1ccccc1)C1(O)OC[C@](O)(OCc2ccccc2)[C@](O)(OCc2ccccc2)[C@@H]1O. The maximum Gasteiger partial charge on any atom is 0.308 e. The molecular weight excluding hydrogens is 476 g/mol. The molecule has 1 unspecified atom stereocenters. The molecular formula is C25H26O9S. The monoisotopic (exact) mass is 502 g/mol. The van der Waals surface area contributed by atoms with E-state index in [1.807, 2.05) is 0 Å². The predicted molar refractivity (Wildman–Crippen MR) is 123 cm³/mol. The third kappa shape index (κ3) is 4.63.